The molecule has 0 heterocycles. The lowest BCUT2D eigenvalue weighted by atomic mass is 10.2. The molecule has 3 nitrogen and oxygen atoms in total. The van der Waals surface area contributed by atoms with Crippen LogP contribution in [0.15, 0.2) is 51.4 Å². The van der Waals surface area contributed by atoms with Crippen LogP contribution in [0.1, 0.15) is 15.9 Å². The monoisotopic (exact) mass is 383 g/mol. The molecule has 0 aliphatic rings. The van der Waals surface area contributed by atoms with E-state index in [2.05, 4.69) is 37.2 Å². The molecule has 2 aromatic carbocycles. The summed E-state index contributed by atoms with van der Waals surface area (Å²) in [6.07, 6.45) is 0. The van der Waals surface area contributed by atoms with Crippen molar-refractivity contribution in [1.29, 1.82) is 0 Å². The zero-order chi connectivity index (χ0) is 13.8. The molecule has 0 radical (unpaired) electrons. The van der Waals surface area contributed by atoms with Gasteiger partial charge in [0.05, 0.1) is 12.2 Å². The van der Waals surface area contributed by atoms with Gasteiger partial charge < -0.3 is 10.4 Å². The van der Waals surface area contributed by atoms with Crippen LogP contribution in [0.4, 0.5) is 5.69 Å². The fraction of sp³-hybridized carbons (Fsp3) is 0.0714. The molecule has 0 bridgehead atoms. The van der Waals surface area contributed by atoms with Crippen molar-refractivity contribution in [2.45, 2.75) is 6.61 Å². The number of anilines is 1. The van der Waals surface area contributed by atoms with E-state index in [-0.39, 0.29) is 12.5 Å². The van der Waals surface area contributed by atoms with Gasteiger partial charge in [-0.25, -0.2) is 0 Å². The van der Waals surface area contributed by atoms with Crippen molar-refractivity contribution in [3.63, 3.8) is 0 Å². The van der Waals surface area contributed by atoms with Crippen molar-refractivity contribution in [3.8, 4) is 0 Å². The van der Waals surface area contributed by atoms with Gasteiger partial charge in [-0.15, -0.1) is 0 Å². The first-order valence-electron chi connectivity index (χ1n) is 5.56. The van der Waals surface area contributed by atoms with Crippen molar-refractivity contribution < 1.29 is 9.90 Å². The number of carbonyl (C=O) groups excluding carboxylic acids is 1. The Kier molecular flexibility index (Phi) is 4.74. The largest absolute Gasteiger partial charge is 0.392 e. The topological polar surface area (TPSA) is 49.3 Å². The lowest BCUT2D eigenvalue weighted by Gasteiger charge is -2.07. The van der Waals surface area contributed by atoms with Crippen molar-refractivity contribution in [2.75, 3.05) is 5.32 Å². The Morgan fingerprint density at radius 3 is 2.37 bits per heavy atom. The molecule has 0 saturated carbocycles. The van der Waals surface area contributed by atoms with Crippen LogP contribution in [0, 0.1) is 0 Å². The van der Waals surface area contributed by atoms with E-state index in [9.17, 15) is 4.79 Å². The van der Waals surface area contributed by atoms with Gasteiger partial charge in [-0.3, -0.25) is 4.79 Å². The molecule has 0 aromatic heterocycles. The molecular weight excluding hydrogens is 374 g/mol. The fourth-order valence-corrected chi connectivity index (χ4v) is 2.79. The Labute approximate surface area is 127 Å². The minimum Gasteiger partial charge on any atom is -0.392 e. The quantitative estimate of drug-likeness (QED) is 0.841. The third-order valence-corrected chi connectivity index (χ3v) is 3.72. The second-order valence-electron chi connectivity index (χ2n) is 3.93. The zero-order valence-electron chi connectivity index (χ0n) is 9.86. The first-order valence-corrected chi connectivity index (χ1v) is 7.15. The molecule has 0 fully saturated rings. The van der Waals surface area contributed by atoms with Gasteiger partial charge in [-0.05, 0) is 51.8 Å². The van der Waals surface area contributed by atoms with Gasteiger partial charge in [0.2, 0.25) is 0 Å². The molecule has 0 saturated heterocycles. The van der Waals surface area contributed by atoms with Crippen LogP contribution < -0.4 is 5.32 Å². The SMILES string of the molecule is O=C(Nc1ccc(CO)cc1)c1ccc(Br)cc1Br. The highest BCUT2D eigenvalue weighted by molar-refractivity contribution is 9.11. The molecule has 1 amide bonds. The summed E-state index contributed by atoms with van der Waals surface area (Å²) in [5.74, 6) is -0.184. The van der Waals surface area contributed by atoms with Crippen LogP contribution in [0.25, 0.3) is 0 Å². The molecule has 0 aliphatic heterocycles. The molecule has 2 aromatic rings. The van der Waals surface area contributed by atoms with Gasteiger partial charge in [0, 0.05) is 14.6 Å². The number of hydrogen-bond acceptors (Lipinski definition) is 2. The molecular formula is C14H11Br2NO2. The molecule has 0 unspecified atom stereocenters. The average Bonchev–Trinajstić information content (AvgIpc) is 2.39. The van der Waals surface area contributed by atoms with Gasteiger partial charge in [0.25, 0.3) is 5.91 Å². The first kappa shape index (κ1) is 14.2. The van der Waals surface area contributed by atoms with Crippen LogP contribution >= 0.6 is 31.9 Å². The molecule has 2 N–H and O–H groups in total. The van der Waals surface area contributed by atoms with E-state index in [1.807, 2.05) is 12.1 Å². The lowest BCUT2D eigenvalue weighted by Crippen LogP contribution is -2.12. The zero-order valence-corrected chi connectivity index (χ0v) is 13.0. The summed E-state index contributed by atoms with van der Waals surface area (Å²) in [4.78, 5) is 12.1. The van der Waals surface area contributed by atoms with Crippen molar-refractivity contribution in [1.82, 2.24) is 0 Å². The number of amides is 1. The van der Waals surface area contributed by atoms with E-state index in [0.29, 0.717) is 11.3 Å². The van der Waals surface area contributed by atoms with E-state index in [1.165, 1.54) is 0 Å². The fourth-order valence-electron chi connectivity index (χ4n) is 1.57. The van der Waals surface area contributed by atoms with E-state index in [4.69, 9.17) is 5.11 Å². The minimum atomic E-state index is -0.184. The van der Waals surface area contributed by atoms with Gasteiger partial charge in [-0.2, -0.15) is 0 Å². The molecule has 5 heteroatoms. The van der Waals surface area contributed by atoms with Crippen LogP contribution in [0.2, 0.25) is 0 Å². The molecule has 2 rings (SSSR count). The summed E-state index contributed by atoms with van der Waals surface area (Å²) in [5, 5.41) is 11.8. The number of benzene rings is 2. The normalized spacial score (nSPS) is 10.3. The second-order valence-corrected chi connectivity index (χ2v) is 5.70. The summed E-state index contributed by atoms with van der Waals surface area (Å²) in [6, 6.07) is 12.4. The highest BCUT2D eigenvalue weighted by atomic mass is 79.9. The van der Waals surface area contributed by atoms with Crippen LogP contribution in [0.3, 0.4) is 0 Å². The van der Waals surface area contributed by atoms with E-state index in [1.54, 1.807) is 30.3 Å². The summed E-state index contributed by atoms with van der Waals surface area (Å²) < 4.78 is 1.63. The van der Waals surface area contributed by atoms with Gasteiger partial charge in [-0.1, -0.05) is 28.1 Å². The number of aliphatic hydroxyl groups is 1. The number of carbonyl (C=O) groups is 1. The number of hydrogen-bond donors (Lipinski definition) is 2. The van der Waals surface area contributed by atoms with Crippen molar-refractivity contribution in [2.24, 2.45) is 0 Å². The van der Waals surface area contributed by atoms with E-state index < -0.39 is 0 Å². The molecule has 0 spiro atoms. The Balaban J connectivity index is 2.15. The maximum atomic E-state index is 12.1. The first-order chi connectivity index (χ1) is 9.10. The highest BCUT2D eigenvalue weighted by Crippen LogP contribution is 2.23. The van der Waals surface area contributed by atoms with Gasteiger partial charge >= 0.3 is 0 Å². The maximum Gasteiger partial charge on any atom is 0.256 e. The Bertz CT molecular complexity index is 597. The van der Waals surface area contributed by atoms with E-state index in [0.717, 1.165) is 14.5 Å². The van der Waals surface area contributed by atoms with Gasteiger partial charge in [0.1, 0.15) is 0 Å². The predicted octanol–water partition coefficient (Wildman–Crippen LogP) is 3.96. The molecule has 98 valence electrons. The summed E-state index contributed by atoms with van der Waals surface area (Å²) in [7, 11) is 0. The molecule has 19 heavy (non-hydrogen) atoms. The predicted molar refractivity (Wildman–Crippen MR) is 82.2 cm³/mol. The Hall–Kier alpha value is -1.17. The molecule has 0 aliphatic carbocycles. The Morgan fingerprint density at radius 1 is 1.11 bits per heavy atom. The molecule has 0 atom stereocenters. The average molecular weight is 385 g/mol. The highest BCUT2D eigenvalue weighted by Gasteiger charge is 2.10. The van der Waals surface area contributed by atoms with Crippen LogP contribution in [0.5, 0.6) is 0 Å². The van der Waals surface area contributed by atoms with Crippen molar-refractivity contribution in [3.05, 3.63) is 62.5 Å². The van der Waals surface area contributed by atoms with Gasteiger partial charge in [0.15, 0.2) is 0 Å². The van der Waals surface area contributed by atoms with Crippen LogP contribution in [-0.4, -0.2) is 11.0 Å². The van der Waals surface area contributed by atoms with Crippen molar-refractivity contribution >= 4 is 43.5 Å². The third-order valence-electron chi connectivity index (χ3n) is 2.57. The Morgan fingerprint density at radius 2 is 1.79 bits per heavy atom. The second kappa shape index (κ2) is 6.32. The van der Waals surface area contributed by atoms with Crippen LogP contribution in [-0.2, 0) is 6.61 Å². The minimum absolute atomic E-state index is 0.00745. The van der Waals surface area contributed by atoms with E-state index >= 15 is 0 Å². The standard InChI is InChI=1S/C14H11Br2NO2/c15-10-3-6-12(13(16)7-10)14(19)17-11-4-1-9(8-18)2-5-11/h1-7,18H,8H2,(H,17,19). The number of rotatable bonds is 3. The maximum absolute atomic E-state index is 12.1. The summed E-state index contributed by atoms with van der Waals surface area (Å²) >= 11 is 6.70. The summed E-state index contributed by atoms with van der Waals surface area (Å²) in [6.45, 7) is -0.00745. The smallest absolute Gasteiger partial charge is 0.256 e. The number of aliphatic hydroxyl groups excluding tert-OH is 1. The lowest BCUT2D eigenvalue weighted by molar-refractivity contribution is 0.102. The third kappa shape index (κ3) is 3.65. The summed E-state index contributed by atoms with van der Waals surface area (Å²) in [5.41, 5.74) is 2.06. The number of nitrogens with one attached hydrogen (secondary N) is 1. The number of halogens is 2.